The quantitative estimate of drug-likeness (QED) is 0.739. The van der Waals surface area contributed by atoms with E-state index in [4.69, 9.17) is 0 Å². The van der Waals surface area contributed by atoms with E-state index < -0.39 is 10.2 Å². The van der Waals surface area contributed by atoms with Crippen molar-refractivity contribution in [2.75, 3.05) is 24.9 Å². The first-order valence-electron chi connectivity index (χ1n) is 6.83. The molecule has 0 aromatic heterocycles. The lowest BCUT2D eigenvalue weighted by molar-refractivity contribution is 0.250. The number of hydrogen-bond donors (Lipinski definition) is 2. The molecule has 2 N–H and O–H groups in total. The van der Waals surface area contributed by atoms with E-state index in [1.165, 1.54) is 0 Å². The molecule has 0 spiro atoms. The molecule has 1 atom stereocenters. The van der Waals surface area contributed by atoms with Gasteiger partial charge in [0.1, 0.15) is 0 Å². The number of rotatable bonds is 5. The number of nitrogens with zero attached hydrogens (tertiary/aromatic N) is 1. The normalized spacial score (nSPS) is 20.4. The molecule has 0 aliphatic carbocycles. The van der Waals surface area contributed by atoms with E-state index in [-0.39, 0.29) is 6.04 Å². The first-order valence-corrected chi connectivity index (χ1v) is 9.86. The summed E-state index contributed by atoms with van der Waals surface area (Å²) in [6, 6.07) is 5.38. The Morgan fingerprint density at radius 1 is 1.33 bits per heavy atom. The molecule has 1 heterocycles. The molecule has 0 radical (unpaired) electrons. The Kier molecular flexibility index (Phi) is 6.07. The number of nitrogens with one attached hydrogen (secondary N) is 2. The third-order valence-corrected chi connectivity index (χ3v) is 6.22. The minimum Gasteiger partial charge on any atom is -0.318 e. The Morgan fingerprint density at radius 2 is 2.10 bits per heavy atom. The van der Waals surface area contributed by atoms with Gasteiger partial charge in [0.2, 0.25) is 0 Å². The maximum Gasteiger partial charge on any atom is 0.301 e. The average molecular weight is 441 g/mol. The lowest BCUT2D eigenvalue weighted by Crippen LogP contribution is -2.49. The molecule has 118 valence electrons. The molecule has 1 aromatic rings. The molecule has 1 aliphatic rings. The summed E-state index contributed by atoms with van der Waals surface area (Å²) in [4.78, 5) is 0. The summed E-state index contributed by atoms with van der Waals surface area (Å²) in [7, 11) is -1.70. The van der Waals surface area contributed by atoms with Crippen molar-refractivity contribution < 1.29 is 8.42 Å². The van der Waals surface area contributed by atoms with Crippen LogP contribution in [0.2, 0.25) is 0 Å². The number of hydrogen-bond acceptors (Lipinski definition) is 3. The fourth-order valence-electron chi connectivity index (χ4n) is 2.50. The second kappa shape index (κ2) is 7.41. The molecule has 1 aromatic carbocycles. The molecule has 1 aliphatic heterocycles. The second-order valence-corrected chi connectivity index (χ2v) is 8.44. The highest BCUT2D eigenvalue weighted by atomic mass is 79.9. The van der Waals surface area contributed by atoms with Crippen molar-refractivity contribution in [3.05, 3.63) is 27.1 Å². The summed E-state index contributed by atoms with van der Waals surface area (Å²) >= 11 is 6.74. The molecule has 0 bridgehead atoms. The summed E-state index contributed by atoms with van der Waals surface area (Å²) in [5.41, 5.74) is 0.548. The molecule has 0 amide bonds. The van der Waals surface area contributed by atoms with Gasteiger partial charge in [-0.1, -0.05) is 22.4 Å². The summed E-state index contributed by atoms with van der Waals surface area (Å²) in [5, 5.41) is 3.07. The van der Waals surface area contributed by atoms with Crippen molar-refractivity contribution >= 4 is 47.8 Å². The molecule has 8 heteroatoms. The van der Waals surface area contributed by atoms with E-state index >= 15 is 0 Å². The molecule has 2 rings (SSSR count). The minimum atomic E-state index is -3.55. The van der Waals surface area contributed by atoms with Crippen molar-refractivity contribution in [1.82, 2.24) is 9.62 Å². The zero-order valence-corrected chi connectivity index (χ0v) is 15.8. The summed E-state index contributed by atoms with van der Waals surface area (Å²) < 4.78 is 31.1. The number of anilines is 1. The molecule has 1 saturated heterocycles. The number of piperidine rings is 1. The number of likely N-dealkylation sites (N-methyl/N-ethyl adjacent to an activating group) is 1. The van der Waals surface area contributed by atoms with Gasteiger partial charge < -0.3 is 5.32 Å². The van der Waals surface area contributed by atoms with Gasteiger partial charge in [-0.15, -0.1) is 0 Å². The molecule has 21 heavy (non-hydrogen) atoms. The van der Waals surface area contributed by atoms with E-state index in [0.717, 1.165) is 23.7 Å². The van der Waals surface area contributed by atoms with Gasteiger partial charge in [0.25, 0.3) is 0 Å². The van der Waals surface area contributed by atoms with Gasteiger partial charge in [-0.05, 0) is 54.0 Å². The highest BCUT2D eigenvalue weighted by Crippen LogP contribution is 2.28. The molecular formula is C13H19Br2N3O2S. The maximum atomic E-state index is 12.6. The SMILES string of the molecule is CNCC1CCCCN1S(=O)(=O)Nc1ccc(Br)cc1Br. The fraction of sp³-hybridized carbons (Fsp3) is 0.538. The van der Waals surface area contributed by atoms with Crippen LogP contribution in [0.25, 0.3) is 0 Å². The third-order valence-electron chi connectivity index (χ3n) is 3.49. The zero-order chi connectivity index (χ0) is 15.5. The monoisotopic (exact) mass is 439 g/mol. The van der Waals surface area contributed by atoms with Crippen LogP contribution in [0.4, 0.5) is 5.69 Å². The van der Waals surface area contributed by atoms with E-state index in [0.29, 0.717) is 23.2 Å². The van der Waals surface area contributed by atoms with Crippen molar-refractivity contribution in [1.29, 1.82) is 0 Å². The van der Waals surface area contributed by atoms with Crippen LogP contribution in [-0.4, -0.2) is 38.9 Å². The van der Waals surface area contributed by atoms with Crippen molar-refractivity contribution in [3.63, 3.8) is 0 Å². The predicted molar refractivity (Wildman–Crippen MR) is 92.7 cm³/mol. The Balaban J connectivity index is 2.20. The van der Waals surface area contributed by atoms with Gasteiger partial charge in [-0.25, -0.2) is 0 Å². The predicted octanol–water partition coefficient (Wildman–Crippen LogP) is 2.94. The topological polar surface area (TPSA) is 61.4 Å². The molecule has 1 unspecified atom stereocenters. The van der Waals surface area contributed by atoms with Crippen LogP contribution in [0.5, 0.6) is 0 Å². The van der Waals surface area contributed by atoms with Gasteiger partial charge in [-0.2, -0.15) is 12.7 Å². The zero-order valence-electron chi connectivity index (χ0n) is 11.8. The van der Waals surface area contributed by atoms with Gasteiger partial charge in [0.15, 0.2) is 0 Å². The van der Waals surface area contributed by atoms with Crippen LogP contribution < -0.4 is 10.0 Å². The van der Waals surface area contributed by atoms with Gasteiger partial charge >= 0.3 is 10.2 Å². The summed E-state index contributed by atoms with van der Waals surface area (Å²) in [6.07, 6.45) is 2.87. The Hall–Kier alpha value is -0.150. The smallest absolute Gasteiger partial charge is 0.301 e. The standard InChI is InChI=1S/C13H19Br2N3O2S/c1-16-9-11-4-2-3-7-18(11)21(19,20)17-13-6-5-10(14)8-12(13)15/h5-6,8,11,16-17H,2-4,7,9H2,1H3. The van der Waals surface area contributed by atoms with E-state index in [1.807, 2.05) is 19.2 Å². The van der Waals surface area contributed by atoms with Crippen LogP contribution in [0.15, 0.2) is 27.1 Å². The van der Waals surface area contributed by atoms with E-state index in [1.54, 1.807) is 10.4 Å². The lowest BCUT2D eigenvalue weighted by atomic mass is 10.1. The van der Waals surface area contributed by atoms with Crippen molar-refractivity contribution in [2.45, 2.75) is 25.3 Å². The minimum absolute atomic E-state index is 0.00970. The molecule has 1 fully saturated rings. The summed E-state index contributed by atoms with van der Waals surface area (Å²) in [6.45, 7) is 1.23. The van der Waals surface area contributed by atoms with Crippen LogP contribution >= 0.6 is 31.9 Å². The van der Waals surface area contributed by atoms with Crippen LogP contribution in [-0.2, 0) is 10.2 Å². The third kappa shape index (κ3) is 4.41. The molecular weight excluding hydrogens is 422 g/mol. The van der Waals surface area contributed by atoms with E-state index in [2.05, 4.69) is 41.9 Å². The highest BCUT2D eigenvalue weighted by molar-refractivity contribution is 9.11. The lowest BCUT2D eigenvalue weighted by Gasteiger charge is -2.34. The number of halogens is 2. The fourth-order valence-corrected chi connectivity index (χ4v) is 5.29. The van der Waals surface area contributed by atoms with Crippen LogP contribution in [0.3, 0.4) is 0 Å². The maximum absolute atomic E-state index is 12.6. The highest BCUT2D eigenvalue weighted by Gasteiger charge is 2.32. The summed E-state index contributed by atoms with van der Waals surface area (Å²) in [5.74, 6) is 0. The first-order chi connectivity index (χ1) is 9.94. The Labute approximate surface area is 142 Å². The Bertz CT molecular complexity index is 593. The molecule has 0 saturated carbocycles. The Morgan fingerprint density at radius 3 is 2.76 bits per heavy atom. The first kappa shape index (κ1) is 17.2. The average Bonchev–Trinajstić information content (AvgIpc) is 2.43. The van der Waals surface area contributed by atoms with Gasteiger partial charge in [-0.3, -0.25) is 4.72 Å². The van der Waals surface area contributed by atoms with E-state index in [9.17, 15) is 8.42 Å². The second-order valence-electron chi connectivity index (χ2n) is 5.05. The number of benzene rings is 1. The molecule has 5 nitrogen and oxygen atoms in total. The van der Waals surface area contributed by atoms with Gasteiger partial charge in [0.05, 0.1) is 5.69 Å². The van der Waals surface area contributed by atoms with Gasteiger partial charge in [0, 0.05) is 28.1 Å². The largest absolute Gasteiger partial charge is 0.318 e. The van der Waals surface area contributed by atoms with Crippen molar-refractivity contribution in [3.8, 4) is 0 Å². The van der Waals surface area contributed by atoms with Crippen LogP contribution in [0.1, 0.15) is 19.3 Å². The van der Waals surface area contributed by atoms with Crippen molar-refractivity contribution in [2.24, 2.45) is 0 Å². The van der Waals surface area contributed by atoms with Crippen LogP contribution in [0, 0.1) is 0 Å².